The Morgan fingerprint density at radius 2 is 0.833 bits per heavy atom. The van der Waals surface area contributed by atoms with Crippen molar-refractivity contribution in [2.45, 2.75) is 65.6 Å². The van der Waals surface area contributed by atoms with Crippen LogP contribution in [0.2, 0.25) is 0 Å². The van der Waals surface area contributed by atoms with Crippen LogP contribution in [0, 0.1) is 0 Å². The predicted molar refractivity (Wildman–Crippen MR) is 145 cm³/mol. The maximum atomic E-state index is 12.6. The fraction of sp³-hybridized carbons (Fsp3) is 0.333. The van der Waals surface area contributed by atoms with Crippen molar-refractivity contribution in [2.24, 2.45) is 0 Å². The van der Waals surface area contributed by atoms with Gasteiger partial charge >= 0.3 is 0 Å². The van der Waals surface area contributed by atoms with Crippen LogP contribution in [0.5, 0.6) is 11.5 Å². The molecule has 3 rings (SSSR count). The first-order valence-electron chi connectivity index (χ1n) is 12.4. The summed E-state index contributed by atoms with van der Waals surface area (Å²) < 4.78 is 11.5. The van der Waals surface area contributed by atoms with Crippen LogP contribution in [0.3, 0.4) is 0 Å². The van der Waals surface area contributed by atoms with Crippen molar-refractivity contribution in [3.05, 3.63) is 83.9 Å². The lowest BCUT2D eigenvalue weighted by molar-refractivity contribution is -0.122. The molecular weight excluding hydrogens is 452 g/mol. The molecule has 0 aliphatic heterocycles. The number of hydrogen-bond acceptors (Lipinski definition) is 4. The number of carbonyl (C=O) groups excluding carboxylic acids is 2. The van der Waals surface area contributed by atoms with Gasteiger partial charge in [0.15, 0.2) is 12.2 Å². The van der Waals surface area contributed by atoms with E-state index >= 15 is 0 Å². The van der Waals surface area contributed by atoms with Gasteiger partial charge in [0.1, 0.15) is 11.5 Å². The van der Waals surface area contributed by atoms with Crippen LogP contribution in [-0.4, -0.2) is 24.0 Å². The van der Waals surface area contributed by atoms with E-state index in [-0.39, 0.29) is 11.8 Å². The third-order valence-electron chi connectivity index (χ3n) is 5.88. The lowest BCUT2D eigenvalue weighted by Crippen LogP contribution is -2.30. The van der Waals surface area contributed by atoms with E-state index in [2.05, 4.69) is 38.3 Å². The average molecular weight is 489 g/mol. The van der Waals surface area contributed by atoms with Crippen molar-refractivity contribution in [3.8, 4) is 11.5 Å². The smallest absolute Gasteiger partial charge is 0.265 e. The van der Waals surface area contributed by atoms with E-state index in [9.17, 15) is 9.59 Å². The Kier molecular flexibility index (Phi) is 9.12. The van der Waals surface area contributed by atoms with Gasteiger partial charge in [-0.05, 0) is 85.3 Å². The number of nitrogens with one attached hydrogen (secondary N) is 2. The number of hydrogen-bond donors (Lipinski definition) is 2. The van der Waals surface area contributed by atoms with Crippen LogP contribution in [0.15, 0.2) is 72.8 Å². The summed E-state index contributed by atoms with van der Waals surface area (Å²) in [5.41, 5.74) is 3.65. The van der Waals surface area contributed by atoms with Crippen LogP contribution in [0.25, 0.3) is 0 Å². The lowest BCUT2D eigenvalue weighted by atomic mass is 10.0. The maximum absolute atomic E-state index is 12.6. The first-order chi connectivity index (χ1) is 17.1. The minimum absolute atomic E-state index is 0.259. The summed E-state index contributed by atoms with van der Waals surface area (Å²) in [5.74, 6) is 1.64. The minimum Gasteiger partial charge on any atom is -0.481 e. The summed E-state index contributed by atoms with van der Waals surface area (Å²) in [6.45, 7) is 11.9. The molecule has 0 aliphatic rings. The molecule has 0 aromatic heterocycles. The van der Waals surface area contributed by atoms with E-state index < -0.39 is 12.2 Å². The third-order valence-corrected chi connectivity index (χ3v) is 5.88. The number of benzene rings is 3. The Morgan fingerprint density at radius 1 is 0.528 bits per heavy atom. The zero-order valence-corrected chi connectivity index (χ0v) is 21.9. The van der Waals surface area contributed by atoms with Crippen molar-refractivity contribution < 1.29 is 19.1 Å². The Bertz CT molecular complexity index is 1040. The summed E-state index contributed by atoms with van der Waals surface area (Å²) in [6.07, 6.45) is -1.33. The molecule has 190 valence electrons. The number of anilines is 2. The Balaban J connectivity index is 1.49. The molecule has 0 bridgehead atoms. The van der Waals surface area contributed by atoms with Gasteiger partial charge in [-0.2, -0.15) is 0 Å². The fourth-order valence-corrected chi connectivity index (χ4v) is 3.50. The highest BCUT2D eigenvalue weighted by Crippen LogP contribution is 2.21. The molecule has 3 aromatic carbocycles. The second-order valence-corrected chi connectivity index (χ2v) is 9.52. The normalized spacial score (nSPS) is 12.7. The summed E-state index contributed by atoms with van der Waals surface area (Å²) in [5, 5.41) is 5.68. The van der Waals surface area contributed by atoms with Gasteiger partial charge in [-0.3, -0.25) is 9.59 Å². The Hall–Kier alpha value is -3.80. The van der Waals surface area contributed by atoms with Gasteiger partial charge in [-0.15, -0.1) is 0 Å². The number of amides is 2. The van der Waals surface area contributed by atoms with Crippen LogP contribution < -0.4 is 20.1 Å². The largest absolute Gasteiger partial charge is 0.481 e. The molecule has 0 saturated carbocycles. The average Bonchev–Trinajstić information content (AvgIpc) is 2.85. The van der Waals surface area contributed by atoms with E-state index in [4.69, 9.17) is 9.47 Å². The van der Waals surface area contributed by atoms with Gasteiger partial charge < -0.3 is 20.1 Å². The van der Waals surface area contributed by atoms with Crippen molar-refractivity contribution in [2.75, 3.05) is 10.6 Å². The van der Waals surface area contributed by atoms with E-state index in [1.807, 2.05) is 48.5 Å². The van der Waals surface area contributed by atoms with Crippen LogP contribution in [-0.2, 0) is 9.59 Å². The fourth-order valence-electron chi connectivity index (χ4n) is 3.50. The summed E-state index contributed by atoms with van der Waals surface area (Å²) in [6, 6.07) is 22.5. The molecule has 6 heteroatoms. The van der Waals surface area contributed by atoms with Crippen molar-refractivity contribution in [1.82, 2.24) is 0 Å². The predicted octanol–water partition coefficient (Wildman–Crippen LogP) is 6.75. The van der Waals surface area contributed by atoms with Crippen LogP contribution in [0.1, 0.15) is 64.5 Å². The maximum Gasteiger partial charge on any atom is 0.265 e. The van der Waals surface area contributed by atoms with E-state index in [0.717, 1.165) is 0 Å². The molecule has 0 fully saturated rings. The summed E-state index contributed by atoms with van der Waals surface area (Å²) in [4.78, 5) is 25.1. The number of rotatable bonds is 10. The summed E-state index contributed by atoms with van der Waals surface area (Å²) >= 11 is 0. The molecule has 36 heavy (non-hydrogen) atoms. The molecule has 0 unspecified atom stereocenters. The van der Waals surface area contributed by atoms with Gasteiger partial charge in [-0.25, -0.2) is 0 Å². The molecule has 0 heterocycles. The molecular formula is C30H36N2O4. The first kappa shape index (κ1) is 26.8. The van der Waals surface area contributed by atoms with E-state index in [1.54, 1.807) is 38.1 Å². The standard InChI is InChI=1S/C30H36N2O4/c1-19(2)23-7-15-27(16-8-23)35-21(5)29(33)31-25-11-13-26(14-12-25)32-30(34)22(6)36-28-17-9-24(10-18-28)20(3)4/h7-22H,1-6H3,(H,31,33)(H,32,34)/t21-,22+. The second-order valence-electron chi connectivity index (χ2n) is 9.52. The second kappa shape index (κ2) is 12.2. The van der Waals surface area contributed by atoms with Crippen molar-refractivity contribution >= 4 is 23.2 Å². The topological polar surface area (TPSA) is 76.7 Å². The molecule has 0 spiro atoms. The number of carbonyl (C=O) groups is 2. The van der Waals surface area contributed by atoms with E-state index in [1.165, 1.54) is 11.1 Å². The molecule has 2 amide bonds. The van der Waals surface area contributed by atoms with Gasteiger partial charge in [-0.1, -0.05) is 52.0 Å². The first-order valence-corrected chi connectivity index (χ1v) is 12.4. The van der Waals surface area contributed by atoms with E-state index in [0.29, 0.717) is 34.7 Å². The Morgan fingerprint density at radius 3 is 1.11 bits per heavy atom. The molecule has 0 radical (unpaired) electrons. The van der Waals surface area contributed by atoms with Gasteiger partial charge in [0.2, 0.25) is 0 Å². The zero-order valence-electron chi connectivity index (χ0n) is 21.9. The SMILES string of the molecule is CC(C)c1ccc(O[C@@H](C)C(=O)Nc2ccc(NC(=O)[C@@H](C)Oc3ccc(C(C)C)cc3)cc2)cc1. The molecule has 2 atom stereocenters. The van der Waals surface area contributed by atoms with Crippen molar-refractivity contribution in [3.63, 3.8) is 0 Å². The quantitative estimate of drug-likeness (QED) is 0.331. The molecule has 2 N–H and O–H groups in total. The monoisotopic (exact) mass is 488 g/mol. The highest BCUT2D eigenvalue weighted by Gasteiger charge is 2.17. The molecule has 0 aliphatic carbocycles. The minimum atomic E-state index is -0.665. The lowest BCUT2D eigenvalue weighted by Gasteiger charge is -2.17. The van der Waals surface area contributed by atoms with Crippen LogP contribution >= 0.6 is 0 Å². The molecule has 3 aromatic rings. The van der Waals surface area contributed by atoms with Crippen LogP contribution in [0.4, 0.5) is 11.4 Å². The number of ether oxygens (including phenoxy) is 2. The third kappa shape index (κ3) is 7.60. The highest BCUT2D eigenvalue weighted by atomic mass is 16.5. The van der Waals surface area contributed by atoms with Crippen molar-refractivity contribution in [1.29, 1.82) is 0 Å². The van der Waals surface area contributed by atoms with Gasteiger partial charge in [0.25, 0.3) is 11.8 Å². The summed E-state index contributed by atoms with van der Waals surface area (Å²) in [7, 11) is 0. The zero-order chi connectivity index (χ0) is 26.2. The van der Waals surface area contributed by atoms with Gasteiger partial charge in [0, 0.05) is 11.4 Å². The molecule has 0 saturated heterocycles. The molecule has 6 nitrogen and oxygen atoms in total. The highest BCUT2D eigenvalue weighted by molar-refractivity contribution is 5.96. The van der Waals surface area contributed by atoms with Gasteiger partial charge in [0.05, 0.1) is 0 Å². The Labute approximate surface area is 214 Å².